The third kappa shape index (κ3) is 3.55. The van der Waals surface area contributed by atoms with Gasteiger partial charge in [0, 0.05) is 19.3 Å². The molecular weight excluding hydrogens is 194 g/mol. The lowest BCUT2D eigenvalue weighted by molar-refractivity contribution is 0.524. The average molecular weight is 219 g/mol. The van der Waals surface area contributed by atoms with E-state index in [0.29, 0.717) is 0 Å². The Morgan fingerprint density at radius 1 is 1.25 bits per heavy atom. The monoisotopic (exact) mass is 219 g/mol. The molecule has 0 heterocycles. The molecule has 1 rings (SSSR count). The first-order valence-corrected chi connectivity index (χ1v) is 6.33. The van der Waals surface area contributed by atoms with Gasteiger partial charge in [-0.15, -0.1) is 0 Å². The molecule has 90 valence electrons. The average Bonchev–Trinajstić information content (AvgIpc) is 2.21. The zero-order chi connectivity index (χ0) is 12.1. The third-order valence-electron chi connectivity index (χ3n) is 3.14. The maximum Gasteiger partial charge on any atom is 0.0396 e. The molecule has 16 heavy (non-hydrogen) atoms. The molecule has 0 aromatic heterocycles. The Bertz CT molecular complexity index is 330. The Kier molecular flexibility index (Phi) is 4.85. The van der Waals surface area contributed by atoms with Crippen LogP contribution in [-0.4, -0.2) is 13.6 Å². The lowest BCUT2D eigenvalue weighted by atomic mass is 10.0. The minimum Gasteiger partial charge on any atom is -0.374 e. The predicted molar refractivity (Wildman–Crippen MR) is 73.3 cm³/mol. The lowest BCUT2D eigenvalue weighted by Gasteiger charge is -2.25. The van der Waals surface area contributed by atoms with Gasteiger partial charge in [0.25, 0.3) is 0 Å². The minimum atomic E-state index is 0.773. The molecule has 1 aromatic rings. The van der Waals surface area contributed by atoms with Crippen LogP contribution >= 0.6 is 0 Å². The minimum absolute atomic E-state index is 0.773. The van der Waals surface area contributed by atoms with Crippen molar-refractivity contribution in [2.24, 2.45) is 5.92 Å². The van der Waals surface area contributed by atoms with Crippen molar-refractivity contribution in [3.63, 3.8) is 0 Å². The van der Waals surface area contributed by atoms with Gasteiger partial charge < -0.3 is 4.90 Å². The zero-order valence-corrected chi connectivity index (χ0v) is 11.4. The van der Waals surface area contributed by atoms with Gasteiger partial charge in [-0.1, -0.05) is 32.4 Å². The normalized spacial score (nSPS) is 12.6. The molecular formula is C15H25N. The van der Waals surface area contributed by atoms with Gasteiger partial charge in [0.05, 0.1) is 0 Å². The molecule has 0 radical (unpaired) electrons. The van der Waals surface area contributed by atoms with Crippen LogP contribution < -0.4 is 4.90 Å². The smallest absolute Gasteiger partial charge is 0.0396 e. The van der Waals surface area contributed by atoms with E-state index in [1.807, 2.05) is 0 Å². The molecule has 1 unspecified atom stereocenters. The summed E-state index contributed by atoms with van der Waals surface area (Å²) in [5, 5.41) is 0. The van der Waals surface area contributed by atoms with Crippen molar-refractivity contribution < 1.29 is 0 Å². The highest BCUT2D eigenvalue weighted by Gasteiger charge is 2.08. The van der Waals surface area contributed by atoms with Gasteiger partial charge in [0.15, 0.2) is 0 Å². The van der Waals surface area contributed by atoms with Crippen LogP contribution in [0.1, 0.15) is 37.8 Å². The number of nitrogens with zero attached hydrogens (tertiary/aromatic N) is 1. The summed E-state index contributed by atoms with van der Waals surface area (Å²) >= 11 is 0. The summed E-state index contributed by atoms with van der Waals surface area (Å²) in [6.45, 7) is 10.1. The van der Waals surface area contributed by atoms with Gasteiger partial charge in [0.2, 0.25) is 0 Å². The number of anilines is 1. The summed E-state index contributed by atoms with van der Waals surface area (Å²) in [5.41, 5.74) is 4.09. The van der Waals surface area contributed by atoms with Crippen LogP contribution in [0.3, 0.4) is 0 Å². The predicted octanol–water partition coefficient (Wildman–Crippen LogP) is 4.18. The molecule has 0 fully saturated rings. The van der Waals surface area contributed by atoms with E-state index in [9.17, 15) is 0 Å². The Balaban J connectivity index is 2.72. The largest absolute Gasteiger partial charge is 0.374 e. The van der Waals surface area contributed by atoms with E-state index in [4.69, 9.17) is 0 Å². The molecule has 0 aliphatic carbocycles. The quantitative estimate of drug-likeness (QED) is 0.718. The van der Waals surface area contributed by atoms with Crippen molar-refractivity contribution >= 4 is 5.69 Å². The van der Waals surface area contributed by atoms with Crippen LogP contribution in [0.5, 0.6) is 0 Å². The fraction of sp³-hybridized carbons (Fsp3) is 0.600. The van der Waals surface area contributed by atoms with Crippen LogP contribution in [0, 0.1) is 19.8 Å². The van der Waals surface area contributed by atoms with Crippen molar-refractivity contribution in [1.82, 2.24) is 0 Å². The van der Waals surface area contributed by atoms with Gasteiger partial charge in [-0.25, -0.2) is 0 Å². The number of rotatable bonds is 5. The summed E-state index contributed by atoms with van der Waals surface area (Å²) < 4.78 is 0. The summed E-state index contributed by atoms with van der Waals surface area (Å²) in [6.07, 6.45) is 2.59. The Labute approximate surface area is 100 Å². The number of aryl methyl sites for hydroxylation is 2. The Hall–Kier alpha value is -0.980. The SMILES string of the molecule is CCCC(C)CN(C)c1cc(C)ccc1C. The molecule has 1 aromatic carbocycles. The molecule has 0 spiro atoms. The van der Waals surface area contributed by atoms with Crippen molar-refractivity contribution in [1.29, 1.82) is 0 Å². The van der Waals surface area contributed by atoms with Crippen LogP contribution in [0.2, 0.25) is 0 Å². The molecule has 1 nitrogen and oxygen atoms in total. The van der Waals surface area contributed by atoms with E-state index in [-0.39, 0.29) is 0 Å². The number of hydrogen-bond donors (Lipinski definition) is 0. The van der Waals surface area contributed by atoms with Crippen LogP contribution in [0.25, 0.3) is 0 Å². The first-order chi connectivity index (χ1) is 7.54. The van der Waals surface area contributed by atoms with E-state index < -0.39 is 0 Å². The first kappa shape index (κ1) is 13.1. The van der Waals surface area contributed by atoms with Gasteiger partial charge >= 0.3 is 0 Å². The highest BCUT2D eigenvalue weighted by Crippen LogP contribution is 2.21. The van der Waals surface area contributed by atoms with Crippen molar-refractivity contribution in [2.75, 3.05) is 18.5 Å². The highest BCUT2D eigenvalue weighted by molar-refractivity contribution is 5.54. The molecule has 1 atom stereocenters. The lowest BCUT2D eigenvalue weighted by Crippen LogP contribution is -2.24. The van der Waals surface area contributed by atoms with Crippen molar-refractivity contribution in [2.45, 2.75) is 40.5 Å². The second-order valence-electron chi connectivity index (χ2n) is 5.06. The van der Waals surface area contributed by atoms with Crippen LogP contribution in [0.4, 0.5) is 5.69 Å². The van der Waals surface area contributed by atoms with Gasteiger partial charge in [-0.05, 0) is 43.4 Å². The highest BCUT2D eigenvalue weighted by atomic mass is 15.1. The van der Waals surface area contributed by atoms with Crippen molar-refractivity contribution in [3.8, 4) is 0 Å². The zero-order valence-electron chi connectivity index (χ0n) is 11.4. The van der Waals surface area contributed by atoms with Crippen LogP contribution in [0.15, 0.2) is 18.2 Å². The molecule has 0 bridgehead atoms. The Morgan fingerprint density at radius 3 is 2.56 bits per heavy atom. The Morgan fingerprint density at radius 2 is 1.94 bits per heavy atom. The van der Waals surface area contributed by atoms with Crippen LogP contribution in [-0.2, 0) is 0 Å². The standard InChI is InChI=1S/C15H25N/c1-6-7-13(3)11-16(5)15-10-12(2)8-9-14(15)4/h8-10,13H,6-7,11H2,1-5H3. The molecule has 0 saturated carbocycles. The molecule has 0 amide bonds. The van der Waals surface area contributed by atoms with Crippen molar-refractivity contribution in [3.05, 3.63) is 29.3 Å². The first-order valence-electron chi connectivity index (χ1n) is 6.33. The summed E-state index contributed by atoms with van der Waals surface area (Å²) in [5.74, 6) is 0.773. The number of benzene rings is 1. The van der Waals surface area contributed by atoms with E-state index in [1.54, 1.807) is 0 Å². The maximum absolute atomic E-state index is 2.39. The van der Waals surface area contributed by atoms with Gasteiger partial charge in [-0.3, -0.25) is 0 Å². The second-order valence-corrected chi connectivity index (χ2v) is 5.06. The fourth-order valence-corrected chi connectivity index (χ4v) is 2.28. The topological polar surface area (TPSA) is 3.24 Å². The van der Waals surface area contributed by atoms with E-state index in [0.717, 1.165) is 12.5 Å². The second kappa shape index (κ2) is 5.93. The summed E-state index contributed by atoms with van der Waals surface area (Å²) in [6, 6.07) is 6.68. The maximum atomic E-state index is 2.39. The number of hydrogen-bond acceptors (Lipinski definition) is 1. The summed E-state index contributed by atoms with van der Waals surface area (Å²) in [4.78, 5) is 2.39. The van der Waals surface area contributed by atoms with E-state index >= 15 is 0 Å². The third-order valence-corrected chi connectivity index (χ3v) is 3.14. The van der Waals surface area contributed by atoms with E-state index in [2.05, 4.69) is 57.8 Å². The van der Waals surface area contributed by atoms with Gasteiger partial charge in [0.1, 0.15) is 0 Å². The molecule has 1 heteroatoms. The molecule has 0 aliphatic heterocycles. The molecule has 0 aliphatic rings. The summed E-state index contributed by atoms with van der Waals surface area (Å²) in [7, 11) is 2.20. The van der Waals surface area contributed by atoms with Gasteiger partial charge in [-0.2, -0.15) is 0 Å². The van der Waals surface area contributed by atoms with E-state index in [1.165, 1.54) is 29.7 Å². The molecule has 0 saturated heterocycles. The molecule has 0 N–H and O–H groups in total. The fourth-order valence-electron chi connectivity index (χ4n) is 2.28.